The van der Waals surface area contributed by atoms with Gasteiger partial charge < -0.3 is 15.4 Å². The van der Waals surface area contributed by atoms with Crippen LogP contribution in [0.4, 0.5) is 15.9 Å². The molecule has 1 saturated heterocycles. The molecule has 5 rings (SSSR count). The predicted molar refractivity (Wildman–Crippen MR) is 125 cm³/mol. The molecule has 0 radical (unpaired) electrons. The lowest BCUT2D eigenvalue weighted by Crippen LogP contribution is -2.34. The maximum atomic E-state index is 14.7. The monoisotopic (exact) mass is 445 g/mol. The van der Waals surface area contributed by atoms with Crippen LogP contribution in [-0.2, 0) is 0 Å². The summed E-state index contributed by atoms with van der Waals surface area (Å²) in [5, 5.41) is 21.3. The molecule has 2 N–H and O–H groups in total. The molecule has 0 atom stereocenters. The van der Waals surface area contributed by atoms with Crippen molar-refractivity contribution in [1.82, 2.24) is 24.6 Å². The van der Waals surface area contributed by atoms with E-state index in [1.54, 1.807) is 47.5 Å². The highest BCUT2D eigenvalue weighted by Gasteiger charge is 2.24. The van der Waals surface area contributed by atoms with Gasteiger partial charge in [0.15, 0.2) is 0 Å². The van der Waals surface area contributed by atoms with E-state index in [-0.39, 0.29) is 5.92 Å². The van der Waals surface area contributed by atoms with Crippen LogP contribution >= 0.6 is 0 Å². The molecule has 3 aromatic heterocycles. The number of pyridine rings is 2. The molecule has 1 fully saturated rings. The van der Waals surface area contributed by atoms with E-state index in [4.69, 9.17) is 4.98 Å². The molecule has 9 heteroatoms. The van der Waals surface area contributed by atoms with Crippen molar-refractivity contribution in [2.45, 2.75) is 12.8 Å². The number of fused-ring (bicyclic) bond motifs is 1. The summed E-state index contributed by atoms with van der Waals surface area (Å²) < 4.78 is 16.3. The fourth-order valence-electron chi connectivity index (χ4n) is 4.16. The van der Waals surface area contributed by atoms with Gasteiger partial charge >= 0.3 is 0 Å². The van der Waals surface area contributed by atoms with Crippen molar-refractivity contribution in [2.24, 2.45) is 11.1 Å². The smallest absolute Gasteiger partial charge is 0.148 e. The van der Waals surface area contributed by atoms with Crippen molar-refractivity contribution < 1.29 is 9.60 Å². The Morgan fingerprint density at radius 3 is 2.76 bits per heavy atom. The molecule has 0 amide bonds. The first-order valence-electron chi connectivity index (χ1n) is 10.8. The Hall–Kier alpha value is -3.85. The van der Waals surface area contributed by atoms with Gasteiger partial charge in [0.1, 0.15) is 17.3 Å². The number of piperidine rings is 1. The lowest BCUT2D eigenvalue weighted by molar-refractivity contribution is 0.246. The number of benzene rings is 1. The highest BCUT2D eigenvalue weighted by Crippen LogP contribution is 2.25. The molecule has 0 aliphatic carbocycles. The number of nitrogens with one attached hydrogen (secondary N) is 1. The second-order valence-corrected chi connectivity index (χ2v) is 8.26. The topological polar surface area (TPSA) is 91.5 Å². The average Bonchev–Trinajstić information content (AvgIpc) is 3.37. The van der Waals surface area contributed by atoms with Gasteiger partial charge in [-0.15, -0.1) is 0 Å². The molecule has 4 aromatic rings. The molecule has 33 heavy (non-hydrogen) atoms. The summed E-state index contributed by atoms with van der Waals surface area (Å²) in [5.74, 6) is 0.223. The first-order chi connectivity index (χ1) is 16.1. The molecule has 8 nitrogen and oxygen atoms in total. The summed E-state index contributed by atoms with van der Waals surface area (Å²) >= 11 is 0. The van der Waals surface area contributed by atoms with Gasteiger partial charge in [0.05, 0.1) is 22.6 Å². The second-order valence-electron chi connectivity index (χ2n) is 8.26. The van der Waals surface area contributed by atoms with Crippen LogP contribution in [0.25, 0.3) is 16.6 Å². The van der Waals surface area contributed by atoms with Crippen molar-refractivity contribution in [3.63, 3.8) is 0 Å². The van der Waals surface area contributed by atoms with Gasteiger partial charge in [-0.05, 0) is 63.3 Å². The van der Waals surface area contributed by atoms with E-state index in [2.05, 4.69) is 32.5 Å². The Balaban J connectivity index is 1.40. The zero-order valence-electron chi connectivity index (χ0n) is 18.2. The summed E-state index contributed by atoms with van der Waals surface area (Å²) in [4.78, 5) is 11.4. The number of rotatable bonds is 5. The number of anilines is 2. The lowest BCUT2D eigenvalue weighted by Gasteiger charge is -2.29. The van der Waals surface area contributed by atoms with E-state index in [0.29, 0.717) is 34.1 Å². The molecule has 1 aromatic carbocycles. The second kappa shape index (κ2) is 8.95. The van der Waals surface area contributed by atoms with E-state index in [1.807, 2.05) is 12.1 Å². The number of likely N-dealkylation sites (tertiary alicyclic amines) is 1. The molecule has 1 aliphatic rings. The largest absolute Gasteiger partial charge is 0.411 e. The maximum absolute atomic E-state index is 14.7. The van der Waals surface area contributed by atoms with Crippen LogP contribution in [0.1, 0.15) is 18.5 Å². The minimum absolute atomic E-state index is 0.165. The highest BCUT2D eigenvalue weighted by atomic mass is 19.1. The fourth-order valence-corrected chi connectivity index (χ4v) is 4.16. The zero-order valence-corrected chi connectivity index (χ0v) is 18.2. The van der Waals surface area contributed by atoms with Crippen LogP contribution < -0.4 is 5.32 Å². The number of hydrogen-bond acceptors (Lipinski definition) is 7. The first-order valence-corrected chi connectivity index (χ1v) is 10.8. The summed E-state index contributed by atoms with van der Waals surface area (Å²) in [7, 11) is 2.09. The summed E-state index contributed by atoms with van der Waals surface area (Å²) in [6.07, 6.45) is 6.93. The van der Waals surface area contributed by atoms with Gasteiger partial charge in [-0.3, -0.25) is 0 Å². The highest BCUT2D eigenvalue weighted by molar-refractivity contribution is 6.02. The van der Waals surface area contributed by atoms with Gasteiger partial charge in [-0.2, -0.15) is 5.10 Å². The number of hydrogen-bond donors (Lipinski definition) is 2. The Kier molecular flexibility index (Phi) is 5.70. The molecular formula is C24H24FN7O. The predicted octanol–water partition coefficient (Wildman–Crippen LogP) is 4.22. The SMILES string of the molecule is CN1CCC(/C(=N\O)c2ccc3cnc(Nc4ccc(-n5cccn5)cc4F)cc3n2)CC1. The Labute approximate surface area is 190 Å². The minimum atomic E-state index is -0.413. The van der Waals surface area contributed by atoms with Crippen molar-refractivity contribution in [2.75, 3.05) is 25.5 Å². The first kappa shape index (κ1) is 21.0. The van der Waals surface area contributed by atoms with E-state index in [0.717, 1.165) is 31.3 Å². The fraction of sp³-hybridized carbons (Fsp3) is 0.250. The number of halogens is 1. The number of oxime groups is 1. The third-order valence-electron chi connectivity index (χ3n) is 6.03. The Bertz CT molecular complexity index is 1300. The number of nitrogens with zero attached hydrogens (tertiary/aromatic N) is 6. The van der Waals surface area contributed by atoms with Crippen LogP contribution in [0.5, 0.6) is 0 Å². The zero-order chi connectivity index (χ0) is 22.8. The third kappa shape index (κ3) is 4.40. The average molecular weight is 446 g/mol. The standard InChI is InChI=1S/C24H24FN7O/c1-31-11-7-16(8-12-31)24(30-33)21-5-3-17-15-26-23(14-22(17)28-21)29-20-6-4-18(13-19(20)25)32-10-2-9-27-32/h2-6,9-10,13-16,33H,7-8,11-12H2,1H3,(H,26,29)/b30-24+. The van der Waals surface area contributed by atoms with Crippen LogP contribution in [0.15, 0.2) is 66.2 Å². The minimum Gasteiger partial charge on any atom is -0.411 e. The van der Waals surface area contributed by atoms with E-state index in [9.17, 15) is 9.60 Å². The molecule has 0 bridgehead atoms. The van der Waals surface area contributed by atoms with Crippen LogP contribution in [0.2, 0.25) is 0 Å². The normalized spacial score (nSPS) is 15.8. The van der Waals surface area contributed by atoms with Crippen LogP contribution in [0, 0.1) is 11.7 Å². The van der Waals surface area contributed by atoms with Gasteiger partial charge in [0, 0.05) is 42.0 Å². The van der Waals surface area contributed by atoms with Gasteiger partial charge in [-0.25, -0.2) is 19.0 Å². The van der Waals surface area contributed by atoms with Crippen LogP contribution in [-0.4, -0.2) is 55.7 Å². The number of aromatic nitrogens is 4. The van der Waals surface area contributed by atoms with Crippen LogP contribution in [0.3, 0.4) is 0 Å². The van der Waals surface area contributed by atoms with E-state index < -0.39 is 5.82 Å². The molecule has 168 valence electrons. The molecular weight excluding hydrogens is 421 g/mol. The Morgan fingerprint density at radius 1 is 1.18 bits per heavy atom. The molecule has 0 saturated carbocycles. The van der Waals surface area contributed by atoms with Gasteiger partial charge in [0.2, 0.25) is 0 Å². The summed E-state index contributed by atoms with van der Waals surface area (Å²) in [6, 6.07) is 12.2. The van der Waals surface area contributed by atoms with Crippen molar-refractivity contribution in [3.05, 3.63) is 72.6 Å². The molecule has 0 unspecified atom stereocenters. The molecule has 4 heterocycles. The van der Waals surface area contributed by atoms with Gasteiger partial charge in [-0.1, -0.05) is 5.16 Å². The van der Waals surface area contributed by atoms with Crippen molar-refractivity contribution in [3.8, 4) is 5.69 Å². The van der Waals surface area contributed by atoms with Gasteiger partial charge in [0.25, 0.3) is 0 Å². The third-order valence-corrected chi connectivity index (χ3v) is 6.03. The summed E-state index contributed by atoms with van der Waals surface area (Å²) in [5.41, 5.74) is 2.87. The Morgan fingerprint density at radius 2 is 2.03 bits per heavy atom. The quantitative estimate of drug-likeness (QED) is 0.272. The molecule has 0 spiro atoms. The maximum Gasteiger partial charge on any atom is 0.148 e. The lowest BCUT2D eigenvalue weighted by atomic mass is 9.90. The van der Waals surface area contributed by atoms with Crippen molar-refractivity contribution in [1.29, 1.82) is 0 Å². The summed E-state index contributed by atoms with van der Waals surface area (Å²) in [6.45, 7) is 1.92. The van der Waals surface area contributed by atoms with Crippen molar-refractivity contribution >= 4 is 28.1 Å². The van der Waals surface area contributed by atoms with E-state index in [1.165, 1.54) is 6.07 Å². The molecule has 1 aliphatic heterocycles. The van der Waals surface area contributed by atoms with E-state index >= 15 is 0 Å².